The number of unbranched alkanes of at least 4 members (excludes halogenated alkanes) is 1. The third-order valence-electron chi connectivity index (χ3n) is 6.39. The first-order chi connectivity index (χ1) is 14.3. The zero-order valence-electron chi connectivity index (χ0n) is 17.9. The van der Waals surface area contributed by atoms with Crippen molar-refractivity contribution in [3.05, 3.63) is 29.5 Å². The van der Waals surface area contributed by atoms with Crippen molar-refractivity contribution in [2.24, 2.45) is 0 Å². The Morgan fingerprint density at radius 2 is 2.13 bits per heavy atom. The van der Waals surface area contributed by atoms with Crippen LogP contribution < -0.4 is 10.1 Å². The van der Waals surface area contributed by atoms with Crippen LogP contribution in [-0.4, -0.2) is 58.9 Å². The summed E-state index contributed by atoms with van der Waals surface area (Å²) in [5.74, 6) is 0.0602. The average Bonchev–Trinajstić information content (AvgIpc) is 3.21. The van der Waals surface area contributed by atoms with E-state index >= 15 is 0 Å². The van der Waals surface area contributed by atoms with Gasteiger partial charge in [-0.15, -0.1) is 0 Å². The van der Waals surface area contributed by atoms with Crippen LogP contribution in [0.4, 0.5) is 4.79 Å². The maximum atomic E-state index is 13.5. The number of aromatic nitrogens is 1. The lowest BCUT2D eigenvalue weighted by molar-refractivity contribution is -0.139. The number of carbonyl (C=O) groups is 3. The van der Waals surface area contributed by atoms with E-state index in [4.69, 9.17) is 4.74 Å². The van der Waals surface area contributed by atoms with Crippen molar-refractivity contribution in [1.29, 1.82) is 0 Å². The molecule has 8 heteroatoms. The smallest absolute Gasteiger partial charge is 0.328 e. The van der Waals surface area contributed by atoms with Crippen LogP contribution >= 0.6 is 0 Å². The molecular weight excluding hydrogens is 384 g/mol. The number of amides is 4. The number of nitrogens with one attached hydrogen (secondary N) is 2. The van der Waals surface area contributed by atoms with Crippen molar-refractivity contribution in [3.63, 3.8) is 0 Å². The highest BCUT2D eigenvalue weighted by Crippen LogP contribution is 2.45. The molecule has 0 unspecified atom stereocenters. The van der Waals surface area contributed by atoms with Gasteiger partial charge in [-0.05, 0) is 50.5 Å². The number of imide groups is 1. The van der Waals surface area contributed by atoms with E-state index in [-0.39, 0.29) is 11.8 Å². The fourth-order valence-electron chi connectivity index (χ4n) is 4.57. The van der Waals surface area contributed by atoms with Crippen molar-refractivity contribution in [3.8, 4) is 5.75 Å². The van der Waals surface area contributed by atoms with E-state index in [0.29, 0.717) is 19.5 Å². The Morgan fingerprint density at radius 3 is 2.83 bits per heavy atom. The molecule has 1 aromatic heterocycles. The molecule has 0 saturated carbocycles. The van der Waals surface area contributed by atoms with E-state index in [9.17, 15) is 14.4 Å². The fraction of sp³-hybridized carbons (Fsp3) is 0.500. The minimum atomic E-state index is -1.16. The summed E-state index contributed by atoms with van der Waals surface area (Å²) in [6, 6.07) is 4.45. The highest BCUT2D eigenvalue weighted by molar-refractivity contribution is 6.11. The monoisotopic (exact) mass is 412 g/mol. The van der Waals surface area contributed by atoms with E-state index in [0.717, 1.165) is 45.7 Å². The van der Waals surface area contributed by atoms with Gasteiger partial charge in [0.25, 0.3) is 5.91 Å². The fourth-order valence-corrected chi connectivity index (χ4v) is 4.57. The minimum Gasteiger partial charge on any atom is -0.497 e. The number of hydrogen-bond donors (Lipinski definition) is 2. The third kappa shape index (κ3) is 2.77. The van der Waals surface area contributed by atoms with Crippen LogP contribution in [0, 0.1) is 0 Å². The lowest BCUT2D eigenvalue weighted by atomic mass is 9.87. The van der Waals surface area contributed by atoms with Crippen LogP contribution in [0.25, 0.3) is 10.9 Å². The summed E-state index contributed by atoms with van der Waals surface area (Å²) >= 11 is 0. The second kappa shape index (κ2) is 7.34. The molecule has 8 nitrogen and oxygen atoms in total. The molecule has 2 aliphatic heterocycles. The predicted octanol–water partition coefficient (Wildman–Crippen LogP) is 2.52. The first-order valence-corrected chi connectivity index (χ1v) is 10.5. The number of nitrogens with zero attached hydrogens (tertiary/aromatic N) is 2. The SMILES string of the molecule is CCCCNC(=O)[C@H](C)N1C(=O)N2CCc3c([nH]c4ccc(OC)cc34)[C@@]2(C)C1=O. The van der Waals surface area contributed by atoms with Gasteiger partial charge in [-0.2, -0.15) is 0 Å². The van der Waals surface area contributed by atoms with E-state index in [1.54, 1.807) is 25.9 Å². The van der Waals surface area contributed by atoms with Gasteiger partial charge in [0.15, 0.2) is 5.54 Å². The molecule has 2 atom stereocenters. The number of rotatable bonds is 6. The second-order valence-electron chi connectivity index (χ2n) is 8.14. The highest BCUT2D eigenvalue weighted by Gasteiger charge is 2.60. The topological polar surface area (TPSA) is 94.7 Å². The first-order valence-electron chi connectivity index (χ1n) is 10.5. The molecule has 3 heterocycles. The number of ether oxygens (including phenoxy) is 1. The lowest BCUT2D eigenvalue weighted by Crippen LogP contribution is -2.50. The maximum absolute atomic E-state index is 13.5. The molecule has 2 aliphatic rings. The summed E-state index contributed by atoms with van der Waals surface area (Å²) < 4.78 is 5.35. The number of carbonyl (C=O) groups excluding carboxylic acids is 3. The summed E-state index contributed by atoms with van der Waals surface area (Å²) in [6.45, 7) is 6.36. The first kappa shape index (κ1) is 20.3. The van der Waals surface area contributed by atoms with Gasteiger partial charge in [0, 0.05) is 24.0 Å². The van der Waals surface area contributed by atoms with Crippen LogP contribution in [0.1, 0.15) is 44.9 Å². The quantitative estimate of drug-likeness (QED) is 0.563. The number of aromatic amines is 1. The Hall–Kier alpha value is -3.03. The van der Waals surface area contributed by atoms with Crippen molar-refractivity contribution >= 4 is 28.7 Å². The van der Waals surface area contributed by atoms with E-state index in [2.05, 4.69) is 10.3 Å². The molecule has 4 rings (SSSR count). The Kier molecular flexibility index (Phi) is 4.95. The van der Waals surface area contributed by atoms with Gasteiger partial charge in [-0.3, -0.25) is 9.59 Å². The van der Waals surface area contributed by atoms with Crippen LogP contribution in [0.3, 0.4) is 0 Å². The normalized spacial score (nSPS) is 21.6. The number of fused-ring (bicyclic) bond motifs is 5. The van der Waals surface area contributed by atoms with Gasteiger partial charge in [-0.25, -0.2) is 9.69 Å². The summed E-state index contributed by atoms with van der Waals surface area (Å²) in [7, 11) is 1.62. The molecular formula is C22H28N4O4. The van der Waals surface area contributed by atoms with Crippen molar-refractivity contribution < 1.29 is 19.1 Å². The Labute approximate surface area is 175 Å². The molecule has 0 radical (unpaired) electrons. The van der Waals surface area contributed by atoms with Crippen LogP contribution in [0.2, 0.25) is 0 Å². The standard InChI is InChI=1S/C22H28N4O4/c1-5-6-10-23-19(27)13(2)26-20(28)22(3)18-15(9-11-25(22)21(26)29)16-12-14(30-4)7-8-17(16)24-18/h7-8,12-13,24H,5-6,9-11H2,1-4H3,(H,23,27)/t13-,22-/m0/s1. The van der Waals surface area contributed by atoms with E-state index in [1.165, 1.54) is 0 Å². The Morgan fingerprint density at radius 1 is 1.37 bits per heavy atom. The number of methoxy groups -OCH3 is 1. The molecule has 1 saturated heterocycles. The van der Waals surface area contributed by atoms with Crippen LogP contribution in [-0.2, 0) is 21.5 Å². The highest BCUT2D eigenvalue weighted by atomic mass is 16.5. The molecule has 0 spiro atoms. The Bertz CT molecular complexity index is 1030. The molecule has 1 aromatic carbocycles. The molecule has 2 N–H and O–H groups in total. The minimum absolute atomic E-state index is 0.310. The maximum Gasteiger partial charge on any atom is 0.328 e. The average molecular weight is 412 g/mol. The van der Waals surface area contributed by atoms with Gasteiger partial charge in [-0.1, -0.05) is 13.3 Å². The summed E-state index contributed by atoms with van der Waals surface area (Å²) in [4.78, 5) is 45.3. The molecule has 160 valence electrons. The molecule has 30 heavy (non-hydrogen) atoms. The zero-order chi connectivity index (χ0) is 21.6. The molecule has 2 aromatic rings. The number of urea groups is 1. The summed E-state index contributed by atoms with van der Waals surface area (Å²) in [6.07, 6.45) is 2.43. The number of benzene rings is 1. The van der Waals surface area contributed by atoms with Crippen LogP contribution in [0.15, 0.2) is 18.2 Å². The van der Waals surface area contributed by atoms with Gasteiger partial charge >= 0.3 is 6.03 Å². The van der Waals surface area contributed by atoms with E-state index < -0.39 is 17.6 Å². The number of hydrogen-bond acceptors (Lipinski definition) is 4. The zero-order valence-corrected chi connectivity index (χ0v) is 17.9. The molecule has 4 amide bonds. The van der Waals surface area contributed by atoms with E-state index in [1.807, 2.05) is 25.1 Å². The lowest BCUT2D eigenvalue weighted by Gasteiger charge is -2.36. The number of H-pyrrole nitrogens is 1. The second-order valence-corrected chi connectivity index (χ2v) is 8.14. The van der Waals surface area contributed by atoms with Crippen molar-refractivity contribution in [2.75, 3.05) is 20.2 Å². The van der Waals surface area contributed by atoms with Crippen molar-refractivity contribution in [2.45, 2.75) is 51.6 Å². The largest absolute Gasteiger partial charge is 0.497 e. The molecule has 0 bridgehead atoms. The van der Waals surface area contributed by atoms with Crippen LogP contribution in [0.5, 0.6) is 5.75 Å². The van der Waals surface area contributed by atoms with Gasteiger partial charge in [0.05, 0.1) is 12.8 Å². The van der Waals surface area contributed by atoms with Gasteiger partial charge < -0.3 is 19.9 Å². The molecule has 1 fully saturated rings. The summed E-state index contributed by atoms with van der Waals surface area (Å²) in [5, 5.41) is 3.82. The van der Waals surface area contributed by atoms with Crippen molar-refractivity contribution in [1.82, 2.24) is 20.1 Å². The Balaban J connectivity index is 1.71. The molecule has 0 aliphatic carbocycles. The van der Waals surface area contributed by atoms with Gasteiger partial charge in [0.1, 0.15) is 11.8 Å². The third-order valence-corrected chi connectivity index (χ3v) is 6.39. The van der Waals surface area contributed by atoms with Gasteiger partial charge in [0.2, 0.25) is 5.91 Å². The summed E-state index contributed by atoms with van der Waals surface area (Å²) in [5.41, 5.74) is 1.48. The predicted molar refractivity (Wildman–Crippen MR) is 112 cm³/mol.